The molecule has 1 saturated heterocycles. The van der Waals surface area contributed by atoms with Gasteiger partial charge in [-0.15, -0.1) is 11.3 Å². The Kier molecular flexibility index (Phi) is 3.26. The normalized spacial score (nSPS) is 24.0. The van der Waals surface area contributed by atoms with Crippen molar-refractivity contribution in [2.24, 2.45) is 0 Å². The highest BCUT2D eigenvalue weighted by Gasteiger charge is 2.50. The largest absolute Gasteiger partial charge is 0.361 e. The van der Waals surface area contributed by atoms with Crippen LogP contribution in [0.2, 0.25) is 0 Å². The third kappa shape index (κ3) is 2.18. The first-order valence-corrected chi connectivity index (χ1v) is 8.62. The average molecular weight is 331 g/mol. The van der Waals surface area contributed by atoms with Crippen molar-refractivity contribution in [3.63, 3.8) is 0 Å². The minimum absolute atomic E-state index is 0.171. The van der Waals surface area contributed by atoms with Crippen LogP contribution in [0.15, 0.2) is 22.0 Å². The molecule has 120 valence electrons. The minimum atomic E-state index is -0.991. The molecule has 0 saturated carbocycles. The standard InChI is InChI=1S/C16H17N3O3S/c1-16(13-7-4-8-23-13)14(20)19(15(21)17-16)9-11-10-5-2-3-6-12(10)22-18-11/h4,7-8H,2-3,5-6,9H2,1H3,(H,17,21). The van der Waals surface area contributed by atoms with Gasteiger partial charge in [-0.3, -0.25) is 9.69 Å². The number of nitrogens with one attached hydrogen (secondary N) is 1. The molecule has 0 bridgehead atoms. The van der Waals surface area contributed by atoms with Gasteiger partial charge in [-0.1, -0.05) is 11.2 Å². The lowest BCUT2D eigenvalue weighted by molar-refractivity contribution is -0.131. The lowest BCUT2D eigenvalue weighted by atomic mass is 9.96. The fourth-order valence-corrected chi connectivity index (χ4v) is 4.13. The Bertz CT molecular complexity index is 768. The maximum atomic E-state index is 12.8. The van der Waals surface area contributed by atoms with Crippen LogP contribution < -0.4 is 5.32 Å². The summed E-state index contributed by atoms with van der Waals surface area (Å²) >= 11 is 1.46. The second kappa shape index (κ2) is 5.19. The zero-order valence-corrected chi connectivity index (χ0v) is 13.6. The van der Waals surface area contributed by atoms with Crippen molar-refractivity contribution >= 4 is 23.3 Å². The summed E-state index contributed by atoms with van der Waals surface area (Å²) < 4.78 is 5.37. The Balaban J connectivity index is 1.62. The van der Waals surface area contributed by atoms with Crippen LogP contribution in [-0.2, 0) is 29.7 Å². The van der Waals surface area contributed by atoms with Gasteiger partial charge in [0.25, 0.3) is 5.91 Å². The topological polar surface area (TPSA) is 75.4 Å². The summed E-state index contributed by atoms with van der Waals surface area (Å²) in [6.07, 6.45) is 3.98. The van der Waals surface area contributed by atoms with E-state index in [1.807, 2.05) is 17.5 Å². The van der Waals surface area contributed by atoms with Gasteiger partial charge in [-0.2, -0.15) is 0 Å². The number of hydrogen-bond acceptors (Lipinski definition) is 5. The van der Waals surface area contributed by atoms with E-state index in [9.17, 15) is 9.59 Å². The van der Waals surface area contributed by atoms with E-state index >= 15 is 0 Å². The summed E-state index contributed by atoms with van der Waals surface area (Å²) in [6, 6.07) is 3.37. The molecule has 2 aromatic heterocycles. The van der Waals surface area contributed by atoms with E-state index in [0.717, 1.165) is 41.9 Å². The molecule has 1 unspecified atom stereocenters. The van der Waals surface area contributed by atoms with Crippen molar-refractivity contribution in [2.45, 2.75) is 44.7 Å². The number of hydrogen-bond donors (Lipinski definition) is 1. The summed E-state index contributed by atoms with van der Waals surface area (Å²) in [5.41, 5.74) is 0.787. The molecule has 2 aromatic rings. The smallest absolute Gasteiger partial charge is 0.325 e. The highest BCUT2D eigenvalue weighted by atomic mass is 32.1. The van der Waals surface area contributed by atoms with Crippen LogP contribution in [0.5, 0.6) is 0 Å². The van der Waals surface area contributed by atoms with Gasteiger partial charge in [0.1, 0.15) is 11.5 Å². The summed E-state index contributed by atoms with van der Waals surface area (Å²) in [4.78, 5) is 27.2. The van der Waals surface area contributed by atoms with Crippen LogP contribution >= 0.6 is 11.3 Å². The maximum absolute atomic E-state index is 12.8. The van der Waals surface area contributed by atoms with E-state index in [2.05, 4.69) is 10.5 Å². The number of nitrogens with zero attached hydrogens (tertiary/aromatic N) is 2. The van der Waals surface area contributed by atoms with Crippen LogP contribution in [0.3, 0.4) is 0 Å². The van der Waals surface area contributed by atoms with Gasteiger partial charge < -0.3 is 9.84 Å². The highest BCUT2D eigenvalue weighted by molar-refractivity contribution is 7.10. The van der Waals surface area contributed by atoms with Gasteiger partial charge in [0.05, 0.1) is 6.54 Å². The van der Waals surface area contributed by atoms with Crippen molar-refractivity contribution in [3.8, 4) is 0 Å². The third-order valence-electron chi connectivity index (χ3n) is 4.63. The van der Waals surface area contributed by atoms with Gasteiger partial charge in [-0.05, 0) is 37.6 Å². The summed E-state index contributed by atoms with van der Waals surface area (Å²) in [5.74, 6) is 0.664. The number of urea groups is 1. The number of carbonyl (C=O) groups is 2. The lowest BCUT2D eigenvalue weighted by Crippen LogP contribution is -2.40. The number of carbonyl (C=O) groups excluding carboxylic acids is 2. The van der Waals surface area contributed by atoms with Crippen LogP contribution in [0.25, 0.3) is 0 Å². The molecule has 3 heterocycles. The van der Waals surface area contributed by atoms with Crippen molar-refractivity contribution in [1.82, 2.24) is 15.4 Å². The number of aromatic nitrogens is 1. The molecule has 1 fully saturated rings. The van der Waals surface area contributed by atoms with Crippen molar-refractivity contribution in [2.75, 3.05) is 0 Å². The fraction of sp³-hybridized carbons (Fsp3) is 0.438. The average Bonchev–Trinajstić information content (AvgIpc) is 3.25. The van der Waals surface area contributed by atoms with E-state index in [-0.39, 0.29) is 18.5 Å². The first kappa shape index (κ1) is 14.4. The number of aryl methyl sites for hydroxylation is 1. The fourth-order valence-electron chi connectivity index (χ4n) is 3.29. The molecule has 1 atom stereocenters. The molecule has 6 nitrogen and oxygen atoms in total. The number of amides is 3. The van der Waals surface area contributed by atoms with Gasteiger partial charge in [0, 0.05) is 16.9 Å². The van der Waals surface area contributed by atoms with Crippen LogP contribution in [-0.4, -0.2) is 22.0 Å². The molecule has 0 radical (unpaired) electrons. The number of thiophene rings is 1. The molecule has 1 aliphatic carbocycles. The predicted molar refractivity (Wildman–Crippen MR) is 83.9 cm³/mol. The van der Waals surface area contributed by atoms with Crippen molar-refractivity contribution in [1.29, 1.82) is 0 Å². The molecule has 3 amide bonds. The number of rotatable bonds is 3. The van der Waals surface area contributed by atoms with Gasteiger partial charge in [0.2, 0.25) is 0 Å². The predicted octanol–water partition coefficient (Wildman–Crippen LogP) is 2.58. The molecule has 23 heavy (non-hydrogen) atoms. The molecule has 1 N–H and O–H groups in total. The second-order valence-electron chi connectivity index (χ2n) is 6.16. The molecule has 2 aliphatic rings. The molecule has 4 rings (SSSR count). The Morgan fingerprint density at radius 1 is 1.39 bits per heavy atom. The van der Waals surface area contributed by atoms with E-state index in [4.69, 9.17) is 4.52 Å². The van der Waals surface area contributed by atoms with Crippen LogP contribution in [0.4, 0.5) is 4.79 Å². The maximum Gasteiger partial charge on any atom is 0.325 e. The minimum Gasteiger partial charge on any atom is -0.361 e. The monoisotopic (exact) mass is 331 g/mol. The Morgan fingerprint density at radius 2 is 2.22 bits per heavy atom. The van der Waals surface area contributed by atoms with Crippen LogP contribution in [0, 0.1) is 0 Å². The Hall–Kier alpha value is -2.15. The quantitative estimate of drug-likeness (QED) is 0.877. The summed E-state index contributed by atoms with van der Waals surface area (Å²) in [5, 5.41) is 8.81. The van der Waals surface area contributed by atoms with Gasteiger partial charge in [0.15, 0.2) is 5.54 Å². The molecule has 0 spiro atoms. The number of imide groups is 1. The van der Waals surface area contributed by atoms with E-state index < -0.39 is 5.54 Å². The van der Waals surface area contributed by atoms with E-state index in [0.29, 0.717) is 5.69 Å². The Morgan fingerprint density at radius 3 is 3.00 bits per heavy atom. The first-order valence-electron chi connectivity index (χ1n) is 7.74. The second-order valence-corrected chi connectivity index (χ2v) is 7.11. The van der Waals surface area contributed by atoms with Crippen molar-refractivity contribution in [3.05, 3.63) is 39.4 Å². The third-order valence-corrected chi connectivity index (χ3v) is 5.72. The van der Waals surface area contributed by atoms with Crippen molar-refractivity contribution < 1.29 is 14.1 Å². The summed E-state index contributed by atoms with van der Waals surface area (Å²) in [6.45, 7) is 1.92. The lowest BCUT2D eigenvalue weighted by Gasteiger charge is -2.20. The van der Waals surface area contributed by atoms with Gasteiger partial charge in [-0.25, -0.2) is 4.79 Å². The SMILES string of the molecule is CC1(c2cccs2)NC(=O)N(Cc2noc3c2CCCC3)C1=O. The van der Waals surface area contributed by atoms with Crippen LogP contribution in [0.1, 0.15) is 41.7 Å². The summed E-state index contributed by atoms with van der Waals surface area (Å²) in [7, 11) is 0. The molecule has 0 aromatic carbocycles. The zero-order valence-electron chi connectivity index (χ0n) is 12.8. The van der Waals surface area contributed by atoms with Gasteiger partial charge >= 0.3 is 6.03 Å². The van der Waals surface area contributed by atoms with E-state index in [1.165, 1.54) is 16.2 Å². The first-order chi connectivity index (χ1) is 11.1. The molecule has 1 aliphatic heterocycles. The highest BCUT2D eigenvalue weighted by Crippen LogP contribution is 2.33. The molecular weight excluding hydrogens is 314 g/mol. The number of fused-ring (bicyclic) bond motifs is 1. The zero-order chi connectivity index (χ0) is 16.0. The van der Waals surface area contributed by atoms with E-state index in [1.54, 1.807) is 6.92 Å². The Labute approximate surface area is 137 Å². The molecular formula is C16H17N3O3S. The molecule has 7 heteroatoms.